The Morgan fingerprint density at radius 1 is 1.58 bits per heavy atom. The van der Waals surface area contributed by atoms with Crippen LogP contribution in [0.25, 0.3) is 0 Å². The number of nitrogens with zero attached hydrogens (tertiary/aromatic N) is 1. The molecular formula is C12H13NO6. The Morgan fingerprint density at radius 3 is 2.74 bits per heavy atom. The van der Waals surface area contributed by atoms with Gasteiger partial charge in [-0.25, -0.2) is 4.79 Å². The van der Waals surface area contributed by atoms with Gasteiger partial charge in [0.05, 0.1) is 6.07 Å². The Hall–Kier alpha value is -2.33. The number of hydrogen-bond donors (Lipinski definition) is 1. The lowest BCUT2D eigenvalue weighted by molar-refractivity contribution is -0.402. The van der Waals surface area contributed by atoms with Crippen LogP contribution in [0.3, 0.4) is 0 Å². The van der Waals surface area contributed by atoms with E-state index in [1.54, 1.807) is 6.92 Å². The maximum Gasteiger partial charge on any atom is 0.433 e. The van der Waals surface area contributed by atoms with Crippen molar-refractivity contribution in [3.05, 3.63) is 28.0 Å². The predicted molar refractivity (Wildman–Crippen MR) is 64.3 cm³/mol. The molecular weight excluding hydrogens is 254 g/mol. The molecule has 0 bridgehead atoms. The number of nitro groups is 1. The van der Waals surface area contributed by atoms with Gasteiger partial charge in [-0.3, -0.25) is 10.1 Å². The minimum atomic E-state index is -0.833. The van der Waals surface area contributed by atoms with Gasteiger partial charge >= 0.3 is 11.9 Å². The average Bonchev–Trinajstić information content (AvgIpc) is 2.83. The Bertz CT molecular complexity index is 522. The first-order valence-corrected chi connectivity index (χ1v) is 5.58. The highest BCUT2D eigenvalue weighted by Gasteiger charge is 2.20. The zero-order valence-corrected chi connectivity index (χ0v) is 10.5. The summed E-state index contributed by atoms with van der Waals surface area (Å²) in [6.45, 7) is 3.23. The Labute approximate surface area is 109 Å². The van der Waals surface area contributed by atoms with Gasteiger partial charge in [-0.1, -0.05) is 18.8 Å². The summed E-state index contributed by atoms with van der Waals surface area (Å²) in [4.78, 5) is 21.3. The normalized spacial score (nSPS) is 13.0. The second kappa shape index (κ2) is 6.56. The van der Waals surface area contributed by atoms with E-state index in [-0.39, 0.29) is 5.76 Å². The molecule has 0 aromatic carbocycles. The van der Waals surface area contributed by atoms with Gasteiger partial charge in [0.25, 0.3) is 0 Å². The molecule has 1 N–H and O–H groups in total. The molecule has 7 nitrogen and oxygen atoms in total. The lowest BCUT2D eigenvalue weighted by Crippen LogP contribution is -2.16. The Kier molecular flexibility index (Phi) is 5.09. The van der Waals surface area contributed by atoms with E-state index in [1.807, 2.05) is 0 Å². The Balaban J connectivity index is 2.72. The first kappa shape index (κ1) is 14.7. The van der Waals surface area contributed by atoms with Crippen LogP contribution in [0.4, 0.5) is 5.88 Å². The molecule has 102 valence electrons. The van der Waals surface area contributed by atoms with E-state index in [4.69, 9.17) is 14.3 Å². The number of carbonyl (C=O) groups excluding carboxylic acids is 1. The second-order valence-corrected chi connectivity index (χ2v) is 3.66. The highest BCUT2D eigenvalue weighted by Crippen LogP contribution is 2.17. The molecule has 0 fully saturated rings. The summed E-state index contributed by atoms with van der Waals surface area (Å²) in [6, 6.07) is 2.23. The maximum absolute atomic E-state index is 11.6. The fourth-order valence-electron chi connectivity index (χ4n) is 1.15. The van der Waals surface area contributed by atoms with Gasteiger partial charge in [0, 0.05) is 0 Å². The fraction of sp³-hybridized carbons (Fsp3) is 0.417. The number of aliphatic hydroxyl groups is 1. The van der Waals surface area contributed by atoms with E-state index in [2.05, 4.69) is 11.8 Å². The van der Waals surface area contributed by atoms with E-state index in [9.17, 15) is 14.9 Å². The molecule has 1 aromatic heterocycles. The van der Waals surface area contributed by atoms with Crippen LogP contribution in [-0.2, 0) is 4.74 Å². The highest BCUT2D eigenvalue weighted by molar-refractivity contribution is 5.86. The van der Waals surface area contributed by atoms with Crippen molar-refractivity contribution in [2.45, 2.75) is 32.5 Å². The van der Waals surface area contributed by atoms with Crippen molar-refractivity contribution >= 4 is 11.9 Å². The second-order valence-electron chi connectivity index (χ2n) is 3.66. The highest BCUT2D eigenvalue weighted by atomic mass is 16.7. The van der Waals surface area contributed by atoms with Gasteiger partial charge in [0.15, 0.2) is 6.10 Å². The van der Waals surface area contributed by atoms with Crippen molar-refractivity contribution in [1.82, 2.24) is 0 Å². The third-order valence-corrected chi connectivity index (χ3v) is 2.05. The maximum atomic E-state index is 11.6. The number of furan rings is 1. The number of carbonyl (C=O) groups is 1. The van der Waals surface area contributed by atoms with Crippen molar-refractivity contribution in [2.24, 2.45) is 0 Å². The summed E-state index contributed by atoms with van der Waals surface area (Å²) >= 11 is 0. The van der Waals surface area contributed by atoms with Crippen molar-refractivity contribution in [2.75, 3.05) is 0 Å². The third kappa shape index (κ3) is 4.44. The van der Waals surface area contributed by atoms with Crippen LogP contribution in [0.5, 0.6) is 0 Å². The van der Waals surface area contributed by atoms with Gasteiger partial charge < -0.3 is 14.3 Å². The van der Waals surface area contributed by atoms with Crippen LogP contribution in [-0.4, -0.2) is 28.2 Å². The lowest BCUT2D eigenvalue weighted by atomic mass is 10.2. The molecule has 1 rings (SSSR count). The quantitative estimate of drug-likeness (QED) is 0.384. The van der Waals surface area contributed by atoms with Gasteiger partial charge in [-0.05, 0) is 19.4 Å². The minimum absolute atomic E-state index is 0.260. The molecule has 0 aliphatic rings. The first-order chi connectivity index (χ1) is 8.93. The van der Waals surface area contributed by atoms with E-state index >= 15 is 0 Å². The lowest BCUT2D eigenvalue weighted by Gasteiger charge is -2.08. The van der Waals surface area contributed by atoms with Gasteiger partial charge in [-0.2, -0.15) is 0 Å². The summed E-state index contributed by atoms with van der Waals surface area (Å²) < 4.78 is 9.70. The number of aliphatic hydroxyl groups excluding tert-OH is 1. The zero-order chi connectivity index (χ0) is 14.4. The van der Waals surface area contributed by atoms with Crippen LogP contribution in [0, 0.1) is 22.0 Å². The van der Waals surface area contributed by atoms with E-state index in [1.165, 1.54) is 6.92 Å². The third-order valence-electron chi connectivity index (χ3n) is 2.05. The van der Waals surface area contributed by atoms with Crippen LogP contribution in [0.1, 0.15) is 30.8 Å². The molecule has 1 heterocycles. The monoisotopic (exact) mass is 267 g/mol. The van der Waals surface area contributed by atoms with Gasteiger partial charge in [0.2, 0.25) is 5.76 Å². The summed E-state index contributed by atoms with van der Waals surface area (Å²) in [5.41, 5.74) is 0. The molecule has 0 spiro atoms. The molecule has 1 aromatic rings. The summed E-state index contributed by atoms with van der Waals surface area (Å²) in [5.74, 6) is 3.42. The number of ether oxygens (including phenoxy) is 1. The van der Waals surface area contributed by atoms with Crippen LogP contribution >= 0.6 is 0 Å². The topological polar surface area (TPSA) is 103 Å². The summed E-state index contributed by atoms with van der Waals surface area (Å²) in [6.07, 6.45) is -1.10. The molecule has 0 saturated heterocycles. The summed E-state index contributed by atoms with van der Waals surface area (Å²) in [5, 5.41) is 19.4. The van der Waals surface area contributed by atoms with Crippen molar-refractivity contribution in [3.63, 3.8) is 0 Å². The predicted octanol–water partition coefficient (Wildman–Crippen LogP) is 1.51. The van der Waals surface area contributed by atoms with Gasteiger partial charge in [0.1, 0.15) is 11.0 Å². The minimum Gasteiger partial charge on any atom is -0.443 e. The SMILES string of the molecule is CCC(C#CC(C)O)OC(=O)c1ccc([N+](=O)[O-])o1. The van der Waals surface area contributed by atoms with Gasteiger partial charge in [-0.15, -0.1) is 0 Å². The van der Waals surface area contributed by atoms with Crippen molar-refractivity contribution in [3.8, 4) is 11.8 Å². The molecule has 19 heavy (non-hydrogen) atoms. The number of hydrogen-bond acceptors (Lipinski definition) is 6. The van der Waals surface area contributed by atoms with E-state index in [0.29, 0.717) is 6.42 Å². The van der Waals surface area contributed by atoms with Crippen molar-refractivity contribution < 1.29 is 24.0 Å². The smallest absolute Gasteiger partial charge is 0.433 e. The molecule has 0 saturated carbocycles. The first-order valence-electron chi connectivity index (χ1n) is 5.58. The Morgan fingerprint density at radius 2 is 2.26 bits per heavy atom. The number of rotatable bonds is 4. The molecule has 0 amide bonds. The number of esters is 1. The standard InChI is InChI=1S/C12H13NO6/c1-3-9(5-4-8(2)14)18-12(15)10-6-7-11(19-10)13(16)17/h6-9,14H,3H2,1-2H3. The average molecular weight is 267 g/mol. The van der Waals surface area contributed by atoms with Crippen LogP contribution < -0.4 is 0 Å². The summed E-state index contributed by atoms with van der Waals surface area (Å²) in [7, 11) is 0. The van der Waals surface area contributed by atoms with Crippen LogP contribution in [0.2, 0.25) is 0 Å². The molecule has 2 atom stereocenters. The fourth-order valence-corrected chi connectivity index (χ4v) is 1.15. The zero-order valence-electron chi connectivity index (χ0n) is 10.5. The largest absolute Gasteiger partial charge is 0.443 e. The molecule has 2 unspecified atom stereocenters. The molecule has 7 heteroatoms. The van der Waals surface area contributed by atoms with E-state index in [0.717, 1.165) is 12.1 Å². The van der Waals surface area contributed by atoms with Crippen LogP contribution in [0.15, 0.2) is 16.5 Å². The molecule has 0 aliphatic carbocycles. The van der Waals surface area contributed by atoms with E-state index < -0.39 is 29.0 Å². The molecule has 0 radical (unpaired) electrons. The molecule has 0 aliphatic heterocycles. The van der Waals surface area contributed by atoms with Crippen molar-refractivity contribution in [1.29, 1.82) is 0 Å².